The SMILES string of the molecule is N#CC1=C(O)OC=CC=C1. The first kappa shape index (κ1) is 6.43. The van der Waals surface area contributed by atoms with Crippen molar-refractivity contribution in [2.75, 3.05) is 0 Å². The molecule has 0 fully saturated rings. The van der Waals surface area contributed by atoms with Crippen molar-refractivity contribution >= 4 is 0 Å². The van der Waals surface area contributed by atoms with E-state index in [4.69, 9.17) is 10.4 Å². The van der Waals surface area contributed by atoms with Crippen LogP contribution in [0.5, 0.6) is 0 Å². The molecule has 0 aliphatic carbocycles. The summed E-state index contributed by atoms with van der Waals surface area (Å²) in [5.74, 6) is -0.354. The van der Waals surface area contributed by atoms with Gasteiger partial charge in [-0.05, 0) is 12.2 Å². The summed E-state index contributed by atoms with van der Waals surface area (Å²) < 4.78 is 4.58. The van der Waals surface area contributed by atoms with Crippen LogP contribution >= 0.6 is 0 Å². The van der Waals surface area contributed by atoms with E-state index in [1.54, 1.807) is 18.2 Å². The topological polar surface area (TPSA) is 53.2 Å². The Morgan fingerprint density at radius 2 is 2.30 bits per heavy atom. The Balaban J connectivity index is 2.96. The molecule has 1 rings (SSSR count). The second-order valence-corrected chi connectivity index (χ2v) is 1.64. The molecule has 0 radical (unpaired) electrons. The lowest BCUT2D eigenvalue weighted by atomic mass is 10.3. The Hall–Kier alpha value is -1.69. The van der Waals surface area contributed by atoms with Crippen LogP contribution in [0.4, 0.5) is 0 Å². The number of allylic oxidation sites excluding steroid dienone is 4. The second-order valence-electron chi connectivity index (χ2n) is 1.64. The van der Waals surface area contributed by atoms with E-state index in [0.717, 1.165) is 0 Å². The van der Waals surface area contributed by atoms with E-state index in [2.05, 4.69) is 4.74 Å². The van der Waals surface area contributed by atoms with Gasteiger partial charge < -0.3 is 9.84 Å². The lowest BCUT2D eigenvalue weighted by Crippen LogP contribution is -1.86. The van der Waals surface area contributed by atoms with Crippen LogP contribution < -0.4 is 0 Å². The summed E-state index contributed by atoms with van der Waals surface area (Å²) in [5, 5.41) is 17.2. The van der Waals surface area contributed by atoms with Gasteiger partial charge in [-0.1, -0.05) is 6.08 Å². The number of ether oxygens (including phenoxy) is 1. The van der Waals surface area contributed by atoms with Crippen LogP contribution in [0.15, 0.2) is 36.0 Å². The van der Waals surface area contributed by atoms with E-state index in [1.165, 1.54) is 12.3 Å². The third-order valence-corrected chi connectivity index (χ3v) is 0.983. The molecule has 1 aliphatic heterocycles. The smallest absolute Gasteiger partial charge is 0.300 e. The van der Waals surface area contributed by atoms with Gasteiger partial charge in [-0.25, -0.2) is 0 Å². The van der Waals surface area contributed by atoms with Gasteiger partial charge in [0.1, 0.15) is 11.6 Å². The van der Waals surface area contributed by atoms with Gasteiger partial charge in [-0.2, -0.15) is 5.26 Å². The molecule has 1 aliphatic rings. The van der Waals surface area contributed by atoms with Crippen molar-refractivity contribution in [3.05, 3.63) is 36.0 Å². The van der Waals surface area contributed by atoms with E-state index >= 15 is 0 Å². The van der Waals surface area contributed by atoms with Gasteiger partial charge in [-0.15, -0.1) is 0 Å². The molecule has 1 N–H and O–H groups in total. The quantitative estimate of drug-likeness (QED) is 0.545. The number of aliphatic hydroxyl groups is 1. The molecule has 3 heteroatoms. The zero-order valence-electron chi connectivity index (χ0n) is 5.11. The Morgan fingerprint density at radius 3 is 3.00 bits per heavy atom. The third kappa shape index (κ3) is 1.17. The second kappa shape index (κ2) is 2.74. The lowest BCUT2D eigenvalue weighted by Gasteiger charge is -1.94. The first-order valence-electron chi connectivity index (χ1n) is 2.68. The number of hydrogen-bond acceptors (Lipinski definition) is 3. The van der Waals surface area contributed by atoms with Crippen LogP contribution in [-0.2, 0) is 4.74 Å². The summed E-state index contributed by atoms with van der Waals surface area (Å²) >= 11 is 0. The minimum Gasteiger partial charge on any atom is -0.480 e. The van der Waals surface area contributed by atoms with E-state index in [0.29, 0.717) is 0 Å². The van der Waals surface area contributed by atoms with Crippen LogP contribution in [0.3, 0.4) is 0 Å². The molecule has 10 heavy (non-hydrogen) atoms. The maximum Gasteiger partial charge on any atom is 0.300 e. The Labute approximate surface area is 58.2 Å². The van der Waals surface area contributed by atoms with Crippen LogP contribution in [0.2, 0.25) is 0 Å². The predicted octanol–water partition coefficient (Wildman–Crippen LogP) is 1.38. The van der Waals surface area contributed by atoms with Crippen molar-refractivity contribution in [3.8, 4) is 6.07 Å². The van der Waals surface area contributed by atoms with E-state index in [9.17, 15) is 0 Å². The van der Waals surface area contributed by atoms with Gasteiger partial charge in [0, 0.05) is 0 Å². The van der Waals surface area contributed by atoms with E-state index in [-0.39, 0.29) is 11.5 Å². The van der Waals surface area contributed by atoms with Gasteiger partial charge in [0.05, 0.1) is 6.26 Å². The minimum atomic E-state index is -0.354. The van der Waals surface area contributed by atoms with Crippen molar-refractivity contribution in [3.63, 3.8) is 0 Å². The largest absolute Gasteiger partial charge is 0.480 e. The van der Waals surface area contributed by atoms with Crippen molar-refractivity contribution < 1.29 is 9.84 Å². The van der Waals surface area contributed by atoms with Crippen LogP contribution in [0.1, 0.15) is 0 Å². The first-order valence-corrected chi connectivity index (χ1v) is 2.68. The average molecular weight is 135 g/mol. The van der Waals surface area contributed by atoms with Gasteiger partial charge in [0.2, 0.25) is 0 Å². The van der Waals surface area contributed by atoms with Crippen molar-refractivity contribution in [1.82, 2.24) is 0 Å². The highest BCUT2D eigenvalue weighted by atomic mass is 16.6. The fourth-order valence-electron chi connectivity index (χ4n) is 0.521. The maximum absolute atomic E-state index is 8.88. The number of rotatable bonds is 0. The summed E-state index contributed by atoms with van der Waals surface area (Å²) in [7, 11) is 0. The monoisotopic (exact) mass is 135 g/mol. The van der Waals surface area contributed by atoms with Gasteiger partial charge in [-0.3, -0.25) is 0 Å². The van der Waals surface area contributed by atoms with Crippen LogP contribution in [0, 0.1) is 11.3 Å². The maximum atomic E-state index is 8.88. The summed E-state index contributed by atoms with van der Waals surface area (Å²) in [5.41, 5.74) is 0.130. The van der Waals surface area contributed by atoms with Gasteiger partial charge >= 0.3 is 0 Å². The fourth-order valence-corrected chi connectivity index (χ4v) is 0.521. The number of aliphatic hydroxyl groups excluding tert-OH is 1. The standard InChI is InChI=1S/C7H5NO2/c8-5-6-3-1-2-4-10-7(6)9/h1-4,9H. The molecule has 0 spiro atoms. The highest BCUT2D eigenvalue weighted by Gasteiger charge is 2.01. The molecular formula is C7H5NO2. The molecule has 0 amide bonds. The molecule has 0 atom stereocenters. The molecule has 1 heterocycles. The first-order chi connectivity index (χ1) is 4.84. The predicted molar refractivity (Wildman–Crippen MR) is 34.6 cm³/mol. The number of hydrogen-bond donors (Lipinski definition) is 1. The summed E-state index contributed by atoms with van der Waals surface area (Å²) in [6, 6.07) is 1.77. The van der Waals surface area contributed by atoms with Crippen LogP contribution in [-0.4, -0.2) is 5.11 Å². The highest BCUT2D eigenvalue weighted by molar-refractivity contribution is 5.36. The minimum absolute atomic E-state index is 0.130. The Bertz CT molecular complexity index is 255. The summed E-state index contributed by atoms with van der Waals surface area (Å²) in [4.78, 5) is 0. The molecule has 0 unspecified atom stereocenters. The molecule has 0 bridgehead atoms. The normalized spacial score (nSPS) is 15.9. The van der Waals surface area contributed by atoms with Gasteiger partial charge in [0.25, 0.3) is 5.95 Å². The molecule has 3 nitrogen and oxygen atoms in total. The van der Waals surface area contributed by atoms with Crippen molar-refractivity contribution in [2.24, 2.45) is 0 Å². The van der Waals surface area contributed by atoms with E-state index < -0.39 is 0 Å². The van der Waals surface area contributed by atoms with E-state index in [1.807, 2.05) is 0 Å². The highest BCUT2D eigenvalue weighted by Crippen LogP contribution is 2.07. The van der Waals surface area contributed by atoms with Crippen LogP contribution in [0.25, 0.3) is 0 Å². The molecule has 0 aromatic heterocycles. The lowest BCUT2D eigenvalue weighted by molar-refractivity contribution is 0.166. The molecule has 0 aromatic rings. The molecule has 0 saturated heterocycles. The number of nitriles is 1. The van der Waals surface area contributed by atoms with Gasteiger partial charge in [0.15, 0.2) is 0 Å². The Morgan fingerprint density at radius 1 is 1.50 bits per heavy atom. The average Bonchev–Trinajstić information content (AvgIpc) is 2.13. The molecule has 0 aromatic carbocycles. The number of nitrogens with zero attached hydrogens (tertiary/aromatic N) is 1. The fraction of sp³-hybridized carbons (Fsp3) is 0. The molecule has 50 valence electrons. The molecule has 0 saturated carbocycles. The Kier molecular flexibility index (Phi) is 1.76. The summed E-state index contributed by atoms with van der Waals surface area (Å²) in [6.45, 7) is 0. The zero-order chi connectivity index (χ0) is 7.40. The molecular weight excluding hydrogens is 130 g/mol. The van der Waals surface area contributed by atoms with Crippen molar-refractivity contribution in [1.29, 1.82) is 5.26 Å². The zero-order valence-corrected chi connectivity index (χ0v) is 5.11. The third-order valence-electron chi connectivity index (χ3n) is 0.983. The van der Waals surface area contributed by atoms with Crippen molar-refractivity contribution in [2.45, 2.75) is 0 Å². The summed E-state index contributed by atoms with van der Waals surface area (Å²) in [6.07, 6.45) is 5.97.